The molecule has 98 valence electrons. The zero-order valence-electron chi connectivity index (χ0n) is 10.2. The Bertz CT molecular complexity index is 416. The van der Waals surface area contributed by atoms with Crippen LogP contribution < -0.4 is 10.6 Å². The van der Waals surface area contributed by atoms with E-state index in [0.29, 0.717) is 0 Å². The summed E-state index contributed by atoms with van der Waals surface area (Å²) in [5.41, 5.74) is 7.81. The van der Waals surface area contributed by atoms with Gasteiger partial charge in [-0.2, -0.15) is 0 Å². The molecule has 3 N–H and O–H groups in total. The maximum Gasteiger partial charge on any atom is 0.305 e. The van der Waals surface area contributed by atoms with Crippen LogP contribution in [0.15, 0.2) is 24.3 Å². The second-order valence-electron chi connectivity index (χ2n) is 4.40. The molecule has 1 aliphatic rings. The number of nitrogens with two attached hydrogens (primary N) is 1. The van der Waals surface area contributed by atoms with E-state index < -0.39 is 12.0 Å². The van der Waals surface area contributed by atoms with Crippen molar-refractivity contribution in [2.75, 3.05) is 31.2 Å². The molecule has 0 radical (unpaired) electrons. The third-order valence-electron chi connectivity index (χ3n) is 3.07. The maximum atomic E-state index is 10.7. The SMILES string of the molecule is NC(CC(=O)O)c1cccc(N2CCOCC2)c1. The van der Waals surface area contributed by atoms with Crippen LogP contribution in [-0.4, -0.2) is 37.4 Å². The van der Waals surface area contributed by atoms with Gasteiger partial charge in [-0.25, -0.2) is 0 Å². The Kier molecular flexibility index (Phi) is 4.17. The van der Waals surface area contributed by atoms with Gasteiger partial charge >= 0.3 is 5.97 Å². The lowest BCUT2D eigenvalue weighted by Gasteiger charge is -2.29. The van der Waals surface area contributed by atoms with E-state index in [2.05, 4.69) is 4.90 Å². The lowest BCUT2D eigenvalue weighted by atomic mass is 10.0. The van der Waals surface area contributed by atoms with Crippen LogP contribution in [0.4, 0.5) is 5.69 Å². The van der Waals surface area contributed by atoms with Crippen molar-refractivity contribution in [3.63, 3.8) is 0 Å². The lowest BCUT2D eigenvalue weighted by Crippen LogP contribution is -2.36. The quantitative estimate of drug-likeness (QED) is 0.833. The standard InChI is InChI=1S/C13H18N2O3/c14-12(9-13(16)17)10-2-1-3-11(8-10)15-4-6-18-7-5-15/h1-3,8,12H,4-7,9,14H2,(H,16,17). The van der Waals surface area contributed by atoms with Gasteiger partial charge in [0.1, 0.15) is 0 Å². The summed E-state index contributed by atoms with van der Waals surface area (Å²) in [5, 5.41) is 8.76. The largest absolute Gasteiger partial charge is 0.481 e. The molecule has 1 aromatic carbocycles. The number of morpholine rings is 1. The summed E-state index contributed by atoms with van der Waals surface area (Å²) in [6.45, 7) is 3.17. The second kappa shape index (κ2) is 5.84. The summed E-state index contributed by atoms with van der Waals surface area (Å²) in [7, 11) is 0. The summed E-state index contributed by atoms with van der Waals surface area (Å²) in [5.74, 6) is -0.876. The molecule has 0 saturated carbocycles. The van der Waals surface area contributed by atoms with Crippen molar-refractivity contribution in [3.05, 3.63) is 29.8 Å². The minimum Gasteiger partial charge on any atom is -0.481 e. The number of carboxylic acid groups (broad SMARTS) is 1. The molecule has 0 spiro atoms. The van der Waals surface area contributed by atoms with Crippen LogP contribution >= 0.6 is 0 Å². The van der Waals surface area contributed by atoms with E-state index in [-0.39, 0.29) is 6.42 Å². The van der Waals surface area contributed by atoms with Crippen LogP contribution in [0, 0.1) is 0 Å². The van der Waals surface area contributed by atoms with Crippen molar-refractivity contribution >= 4 is 11.7 Å². The van der Waals surface area contributed by atoms with Gasteiger partial charge in [-0.3, -0.25) is 4.79 Å². The molecule has 0 aromatic heterocycles. The van der Waals surface area contributed by atoms with E-state index in [1.165, 1.54) is 0 Å². The normalized spacial score (nSPS) is 17.5. The number of carboxylic acids is 1. The highest BCUT2D eigenvalue weighted by molar-refractivity contribution is 5.68. The molecular weight excluding hydrogens is 232 g/mol. The Morgan fingerprint density at radius 1 is 1.44 bits per heavy atom. The smallest absolute Gasteiger partial charge is 0.305 e. The second-order valence-corrected chi connectivity index (χ2v) is 4.40. The summed E-state index contributed by atoms with van der Waals surface area (Å²) in [6.07, 6.45) is -0.0490. The van der Waals surface area contributed by atoms with Crippen LogP contribution in [0.5, 0.6) is 0 Å². The van der Waals surface area contributed by atoms with Gasteiger partial charge in [-0.1, -0.05) is 12.1 Å². The highest BCUT2D eigenvalue weighted by Gasteiger charge is 2.14. The first-order valence-corrected chi connectivity index (χ1v) is 6.07. The third kappa shape index (κ3) is 3.21. The van der Waals surface area contributed by atoms with E-state index in [1.54, 1.807) is 0 Å². The number of anilines is 1. The number of rotatable bonds is 4. The molecule has 1 unspecified atom stereocenters. The Morgan fingerprint density at radius 2 is 2.17 bits per heavy atom. The molecule has 1 aromatic rings. The Hall–Kier alpha value is -1.59. The van der Waals surface area contributed by atoms with Crippen LogP contribution in [0.1, 0.15) is 18.0 Å². The van der Waals surface area contributed by atoms with Crippen LogP contribution in [0.2, 0.25) is 0 Å². The summed E-state index contributed by atoms with van der Waals surface area (Å²) in [4.78, 5) is 12.9. The van der Waals surface area contributed by atoms with Crippen LogP contribution in [0.3, 0.4) is 0 Å². The lowest BCUT2D eigenvalue weighted by molar-refractivity contribution is -0.137. The topological polar surface area (TPSA) is 75.8 Å². The molecule has 0 bridgehead atoms. The van der Waals surface area contributed by atoms with E-state index in [9.17, 15) is 4.79 Å². The summed E-state index contributed by atoms with van der Waals surface area (Å²) < 4.78 is 5.31. The number of nitrogens with zero attached hydrogens (tertiary/aromatic N) is 1. The molecule has 2 rings (SSSR count). The fourth-order valence-electron chi connectivity index (χ4n) is 2.08. The number of hydrogen-bond acceptors (Lipinski definition) is 4. The minimum absolute atomic E-state index is 0.0490. The van der Waals surface area contributed by atoms with Gasteiger partial charge in [0.15, 0.2) is 0 Å². The van der Waals surface area contributed by atoms with Crippen molar-refractivity contribution in [1.82, 2.24) is 0 Å². The first kappa shape index (κ1) is 12.9. The predicted molar refractivity (Wildman–Crippen MR) is 68.7 cm³/mol. The maximum absolute atomic E-state index is 10.7. The van der Waals surface area contributed by atoms with E-state index in [1.807, 2.05) is 24.3 Å². The minimum atomic E-state index is -0.876. The Morgan fingerprint density at radius 3 is 2.83 bits per heavy atom. The highest BCUT2D eigenvalue weighted by atomic mass is 16.5. The van der Waals surface area contributed by atoms with Crippen molar-refractivity contribution in [3.8, 4) is 0 Å². The van der Waals surface area contributed by atoms with Gasteiger partial charge in [-0.05, 0) is 17.7 Å². The fraction of sp³-hybridized carbons (Fsp3) is 0.462. The Labute approximate surface area is 106 Å². The van der Waals surface area contributed by atoms with Crippen LogP contribution in [0.25, 0.3) is 0 Å². The highest BCUT2D eigenvalue weighted by Crippen LogP contribution is 2.22. The van der Waals surface area contributed by atoms with E-state index >= 15 is 0 Å². The molecule has 5 heteroatoms. The zero-order valence-corrected chi connectivity index (χ0v) is 10.2. The van der Waals surface area contributed by atoms with Crippen molar-refractivity contribution in [1.29, 1.82) is 0 Å². The molecule has 1 heterocycles. The molecule has 0 aliphatic carbocycles. The summed E-state index contributed by atoms with van der Waals surface area (Å²) >= 11 is 0. The number of carbonyl (C=O) groups is 1. The number of benzene rings is 1. The van der Waals surface area contributed by atoms with Gasteiger partial charge in [0.25, 0.3) is 0 Å². The van der Waals surface area contributed by atoms with Crippen molar-refractivity contribution in [2.24, 2.45) is 5.73 Å². The molecule has 5 nitrogen and oxygen atoms in total. The van der Waals surface area contributed by atoms with Gasteiger partial charge in [0, 0.05) is 24.8 Å². The molecule has 1 aliphatic heterocycles. The Balaban J connectivity index is 2.11. The first-order valence-electron chi connectivity index (χ1n) is 6.07. The average Bonchev–Trinajstić information content (AvgIpc) is 2.39. The van der Waals surface area contributed by atoms with Crippen LogP contribution in [-0.2, 0) is 9.53 Å². The zero-order chi connectivity index (χ0) is 13.0. The predicted octanol–water partition coefficient (Wildman–Crippen LogP) is 0.998. The van der Waals surface area contributed by atoms with E-state index in [4.69, 9.17) is 15.6 Å². The van der Waals surface area contributed by atoms with Gasteiger partial charge < -0.3 is 20.5 Å². The third-order valence-corrected chi connectivity index (χ3v) is 3.07. The fourth-order valence-corrected chi connectivity index (χ4v) is 2.08. The molecule has 1 atom stereocenters. The summed E-state index contributed by atoms with van der Waals surface area (Å²) in [6, 6.07) is 7.32. The molecule has 1 fully saturated rings. The van der Waals surface area contributed by atoms with Crippen molar-refractivity contribution in [2.45, 2.75) is 12.5 Å². The molecular formula is C13H18N2O3. The van der Waals surface area contributed by atoms with Gasteiger partial charge in [-0.15, -0.1) is 0 Å². The first-order chi connectivity index (χ1) is 8.66. The van der Waals surface area contributed by atoms with Gasteiger partial charge in [0.2, 0.25) is 0 Å². The van der Waals surface area contributed by atoms with E-state index in [0.717, 1.165) is 37.6 Å². The average molecular weight is 250 g/mol. The van der Waals surface area contributed by atoms with Gasteiger partial charge in [0.05, 0.1) is 19.6 Å². The number of ether oxygens (including phenoxy) is 1. The molecule has 0 amide bonds. The molecule has 1 saturated heterocycles. The molecule has 18 heavy (non-hydrogen) atoms. The monoisotopic (exact) mass is 250 g/mol. The number of aliphatic carboxylic acids is 1. The number of hydrogen-bond donors (Lipinski definition) is 2. The van der Waals surface area contributed by atoms with Crippen molar-refractivity contribution < 1.29 is 14.6 Å².